The standard InChI is InChI=1S/C19H28N2O2/c22-15-14-20-13-10-19(16-20)9-5-12-21(18(19)23)11-4-8-17-6-2-1-3-7-17/h1-3,6-7,22H,4-5,8-16H2/t19-/m0/s1. The first-order chi connectivity index (χ1) is 11.2. The van der Waals surface area contributed by atoms with E-state index in [4.69, 9.17) is 5.11 Å². The van der Waals surface area contributed by atoms with Crippen molar-refractivity contribution in [1.29, 1.82) is 0 Å². The molecule has 1 aromatic carbocycles. The van der Waals surface area contributed by atoms with Gasteiger partial charge in [-0.15, -0.1) is 0 Å². The van der Waals surface area contributed by atoms with Gasteiger partial charge in [0.25, 0.3) is 0 Å². The molecule has 126 valence electrons. The first-order valence-corrected chi connectivity index (χ1v) is 8.90. The molecule has 1 atom stereocenters. The number of amides is 1. The predicted octanol–water partition coefficient (Wildman–Crippen LogP) is 1.93. The summed E-state index contributed by atoms with van der Waals surface area (Å²) in [6.45, 7) is 4.45. The summed E-state index contributed by atoms with van der Waals surface area (Å²) in [7, 11) is 0. The van der Waals surface area contributed by atoms with E-state index in [1.54, 1.807) is 0 Å². The minimum absolute atomic E-state index is 0.167. The molecule has 2 aliphatic heterocycles. The fourth-order valence-corrected chi connectivity index (χ4v) is 4.15. The van der Waals surface area contributed by atoms with Gasteiger partial charge >= 0.3 is 0 Å². The molecule has 0 saturated carbocycles. The van der Waals surface area contributed by atoms with Crippen LogP contribution in [0.2, 0.25) is 0 Å². The summed E-state index contributed by atoms with van der Waals surface area (Å²) >= 11 is 0. The van der Waals surface area contributed by atoms with Gasteiger partial charge in [-0.05, 0) is 44.2 Å². The molecule has 1 N–H and O–H groups in total. The molecule has 2 aliphatic rings. The van der Waals surface area contributed by atoms with Gasteiger partial charge in [-0.2, -0.15) is 0 Å². The van der Waals surface area contributed by atoms with Crippen LogP contribution >= 0.6 is 0 Å². The molecule has 4 heteroatoms. The molecule has 1 spiro atoms. The predicted molar refractivity (Wildman–Crippen MR) is 91.2 cm³/mol. The number of β-amino-alcohol motifs (C(OH)–C–C–N with tert-alkyl or cyclic N) is 1. The molecule has 0 radical (unpaired) electrons. The zero-order valence-corrected chi connectivity index (χ0v) is 13.9. The molecular weight excluding hydrogens is 288 g/mol. The van der Waals surface area contributed by atoms with E-state index >= 15 is 0 Å². The van der Waals surface area contributed by atoms with E-state index in [0.717, 1.165) is 58.3 Å². The second-order valence-electron chi connectivity index (χ2n) is 7.01. The van der Waals surface area contributed by atoms with Crippen LogP contribution in [-0.2, 0) is 11.2 Å². The highest BCUT2D eigenvalue weighted by Crippen LogP contribution is 2.39. The summed E-state index contributed by atoms with van der Waals surface area (Å²) in [5.41, 5.74) is 1.18. The highest BCUT2D eigenvalue weighted by atomic mass is 16.3. The van der Waals surface area contributed by atoms with E-state index in [0.29, 0.717) is 12.5 Å². The number of nitrogens with zero attached hydrogens (tertiary/aromatic N) is 2. The van der Waals surface area contributed by atoms with Crippen molar-refractivity contribution < 1.29 is 9.90 Å². The Kier molecular flexibility index (Phi) is 5.34. The average Bonchev–Trinajstić information content (AvgIpc) is 2.97. The number of aryl methyl sites for hydroxylation is 1. The lowest BCUT2D eigenvalue weighted by Gasteiger charge is -2.39. The van der Waals surface area contributed by atoms with Crippen molar-refractivity contribution >= 4 is 5.91 Å². The lowest BCUT2D eigenvalue weighted by Crippen LogP contribution is -2.50. The smallest absolute Gasteiger partial charge is 0.230 e. The maximum atomic E-state index is 13.0. The zero-order valence-electron chi connectivity index (χ0n) is 13.9. The molecule has 2 saturated heterocycles. The lowest BCUT2D eigenvalue weighted by atomic mass is 9.78. The Balaban J connectivity index is 1.53. The summed E-state index contributed by atoms with van der Waals surface area (Å²) in [5, 5.41) is 9.12. The van der Waals surface area contributed by atoms with Crippen molar-refractivity contribution in [2.45, 2.75) is 32.1 Å². The number of likely N-dealkylation sites (tertiary alicyclic amines) is 2. The maximum absolute atomic E-state index is 13.0. The number of carbonyl (C=O) groups excluding carboxylic acids is 1. The van der Waals surface area contributed by atoms with Gasteiger partial charge in [0, 0.05) is 26.2 Å². The summed E-state index contributed by atoms with van der Waals surface area (Å²) in [5.74, 6) is 0.359. The van der Waals surface area contributed by atoms with Crippen LogP contribution < -0.4 is 0 Å². The Morgan fingerprint density at radius 1 is 1.09 bits per heavy atom. The Morgan fingerprint density at radius 2 is 1.91 bits per heavy atom. The van der Waals surface area contributed by atoms with Crippen LogP contribution in [0.3, 0.4) is 0 Å². The van der Waals surface area contributed by atoms with E-state index in [9.17, 15) is 4.79 Å². The van der Waals surface area contributed by atoms with Crippen LogP contribution in [-0.4, -0.2) is 60.1 Å². The fraction of sp³-hybridized carbons (Fsp3) is 0.632. The Labute approximate surface area is 139 Å². The topological polar surface area (TPSA) is 43.8 Å². The number of rotatable bonds is 6. The molecule has 0 unspecified atom stereocenters. The van der Waals surface area contributed by atoms with Crippen molar-refractivity contribution in [2.24, 2.45) is 5.41 Å². The number of benzene rings is 1. The van der Waals surface area contributed by atoms with Gasteiger partial charge in [0.1, 0.15) is 0 Å². The van der Waals surface area contributed by atoms with Crippen LogP contribution in [0, 0.1) is 5.41 Å². The minimum atomic E-state index is -0.167. The molecular formula is C19H28N2O2. The summed E-state index contributed by atoms with van der Waals surface area (Å²) in [6, 6.07) is 10.5. The normalized spacial score (nSPS) is 25.4. The van der Waals surface area contributed by atoms with Crippen molar-refractivity contribution in [1.82, 2.24) is 9.80 Å². The number of aliphatic hydroxyl groups is 1. The summed E-state index contributed by atoms with van der Waals surface area (Å²) in [6.07, 6.45) is 5.16. The highest BCUT2D eigenvalue weighted by molar-refractivity contribution is 5.84. The molecule has 2 fully saturated rings. The Morgan fingerprint density at radius 3 is 2.70 bits per heavy atom. The first kappa shape index (κ1) is 16.5. The Bertz CT molecular complexity index is 519. The number of aliphatic hydroxyl groups excluding tert-OH is 1. The van der Waals surface area contributed by atoms with E-state index in [-0.39, 0.29) is 12.0 Å². The minimum Gasteiger partial charge on any atom is -0.395 e. The second kappa shape index (κ2) is 7.45. The van der Waals surface area contributed by atoms with Gasteiger partial charge in [-0.25, -0.2) is 0 Å². The molecule has 0 aromatic heterocycles. The third-order valence-electron chi connectivity index (χ3n) is 5.41. The average molecular weight is 316 g/mol. The monoisotopic (exact) mass is 316 g/mol. The number of hydrogen-bond donors (Lipinski definition) is 1. The molecule has 3 rings (SSSR count). The largest absolute Gasteiger partial charge is 0.395 e. The van der Waals surface area contributed by atoms with Crippen molar-refractivity contribution in [3.8, 4) is 0 Å². The van der Waals surface area contributed by atoms with Crippen LogP contribution in [0.1, 0.15) is 31.2 Å². The van der Waals surface area contributed by atoms with E-state index in [1.807, 2.05) is 6.07 Å². The number of carbonyl (C=O) groups is 1. The van der Waals surface area contributed by atoms with Crippen LogP contribution in [0.4, 0.5) is 0 Å². The number of piperidine rings is 1. The molecule has 0 aliphatic carbocycles. The van der Waals surface area contributed by atoms with Gasteiger partial charge in [0.15, 0.2) is 0 Å². The van der Waals surface area contributed by atoms with Gasteiger partial charge in [0.05, 0.1) is 12.0 Å². The maximum Gasteiger partial charge on any atom is 0.230 e. The SMILES string of the molecule is O=C1N(CCCc2ccccc2)CCC[C@@]12CCN(CCO)C2. The third kappa shape index (κ3) is 3.75. The fourth-order valence-electron chi connectivity index (χ4n) is 4.15. The number of hydrogen-bond acceptors (Lipinski definition) is 3. The Hall–Kier alpha value is -1.39. The molecule has 0 bridgehead atoms. The van der Waals surface area contributed by atoms with Crippen molar-refractivity contribution in [3.63, 3.8) is 0 Å². The molecule has 4 nitrogen and oxygen atoms in total. The van der Waals surface area contributed by atoms with Crippen molar-refractivity contribution in [2.75, 3.05) is 39.3 Å². The van der Waals surface area contributed by atoms with Gasteiger partial charge in [0.2, 0.25) is 5.91 Å². The van der Waals surface area contributed by atoms with E-state index in [2.05, 4.69) is 34.1 Å². The zero-order chi connectivity index (χ0) is 16.1. The third-order valence-corrected chi connectivity index (χ3v) is 5.41. The summed E-state index contributed by atoms with van der Waals surface area (Å²) in [4.78, 5) is 17.3. The van der Waals surface area contributed by atoms with Gasteiger partial charge in [-0.1, -0.05) is 30.3 Å². The lowest BCUT2D eigenvalue weighted by molar-refractivity contribution is -0.145. The molecule has 1 aromatic rings. The molecule has 1 amide bonds. The van der Waals surface area contributed by atoms with Crippen LogP contribution in [0.25, 0.3) is 0 Å². The quantitative estimate of drug-likeness (QED) is 0.872. The second-order valence-corrected chi connectivity index (χ2v) is 7.01. The summed E-state index contributed by atoms with van der Waals surface area (Å²) < 4.78 is 0. The van der Waals surface area contributed by atoms with Gasteiger partial charge in [-0.3, -0.25) is 9.69 Å². The van der Waals surface area contributed by atoms with Gasteiger partial charge < -0.3 is 10.0 Å². The van der Waals surface area contributed by atoms with Crippen molar-refractivity contribution in [3.05, 3.63) is 35.9 Å². The van der Waals surface area contributed by atoms with Crippen LogP contribution in [0.15, 0.2) is 30.3 Å². The van der Waals surface area contributed by atoms with E-state index < -0.39 is 0 Å². The molecule has 23 heavy (non-hydrogen) atoms. The first-order valence-electron chi connectivity index (χ1n) is 8.90. The van der Waals surface area contributed by atoms with Crippen LogP contribution in [0.5, 0.6) is 0 Å². The van der Waals surface area contributed by atoms with E-state index in [1.165, 1.54) is 5.56 Å². The molecule has 2 heterocycles. The highest BCUT2D eigenvalue weighted by Gasteiger charge is 2.47.